The number of carbonyl (C=O) groups is 2. The first-order valence-electron chi connectivity index (χ1n) is 13.9. The van der Waals surface area contributed by atoms with Crippen LogP contribution in [0.3, 0.4) is 0 Å². The van der Waals surface area contributed by atoms with Gasteiger partial charge >= 0.3 is 0 Å². The number of aryl methyl sites for hydroxylation is 3. The molecule has 0 aliphatic carbocycles. The van der Waals surface area contributed by atoms with Crippen molar-refractivity contribution in [3.8, 4) is 0 Å². The average Bonchev–Trinajstić information content (AvgIpc) is 2.93. The number of nitrogens with zero attached hydrogens (tertiary/aromatic N) is 2. The van der Waals surface area contributed by atoms with Gasteiger partial charge in [0.1, 0.15) is 12.6 Å². The molecule has 0 bridgehead atoms. The van der Waals surface area contributed by atoms with Gasteiger partial charge in [-0.3, -0.25) is 13.9 Å². The Balaban J connectivity index is 2.07. The number of rotatable bonds is 13. The van der Waals surface area contributed by atoms with Crippen LogP contribution in [0.1, 0.15) is 55.4 Å². The number of nitrogens with one attached hydrogen (secondary N) is 1. The van der Waals surface area contributed by atoms with E-state index in [0.717, 1.165) is 35.1 Å². The molecule has 1 N–H and O–H groups in total. The van der Waals surface area contributed by atoms with E-state index in [-0.39, 0.29) is 17.3 Å². The largest absolute Gasteiger partial charge is 0.354 e. The first kappa shape index (κ1) is 30.9. The first-order valence-corrected chi connectivity index (χ1v) is 15.3. The van der Waals surface area contributed by atoms with Gasteiger partial charge in [0.2, 0.25) is 11.8 Å². The van der Waals surface area contributed by atoms with Crippen molar-refractivity contribution in [1.29, 1.82) is 0 Å². The molecule has 3 aromatic rings. The predicted octanol–water partition coefficient (Wildman–Crippen LogP) is 5.53. The summed E-state index contributed by atoms with van der Waals surface area (Å²) in [5, 5.41) is 2.96. The van der Waals surface area contributed by atoms with Gasteiger partial charge < -0.3 is 10.2 Å². The van der Waals surface area contributed by atoms with Crippen LogP contribution in [0, 0.1) is 20.8 Å². The number of hydrogen-bond donors (Lipinski definition) is 1. The maximum Gasteiger partial charge on any atom is 0.264 e. The van der Waals surface area contributed by atoms with Gasteiger partial charge in [-0.15, -0.1) is 0 Å². The third kappa shape index (κ3) is 7.72. The van der Waals surface area contributed by atoms with Crippen LogP contribution in [-0.4, -0.2) is 44.3 Å². The quantitative estimate of drug-likeness (QED) is 0.277. The molecule has 0 saturated heterocycles. The lowest BCUT2D eigenvalue weighted by Gasteiger charge is -2.33. The van der Waals surface area contributed by atoms with Crippen molar-refractivity contribution in [2.45, 2.75) is 71.4 Å². The summed E-state index contributed by atoms with van der Waals surface area (Å²) in [5.41, 5.74) is 3.95. The zero-order chi connectivity index (χ0) is 29.3. The van der Waals surface area contributed by atoms with Gasteiger partial charge in [-0.2, -0.15) is 0 Å². The van der Waals surface area contributed by atoms with Gasteiger partial charge in [0.15, 0.2) is 0 Å². The van der Waals surface area contributed by atoms with Gasteiger partial charge in [-0.05, 0) is 68.5 Å². The highest BCUT2D eigenvalue weighted by Gasteiger charge is 2.34. The molecular weight excluding hydrogens is 522 g/mol. The van der Waals surface area contributed by atoms with Crippen LogP contribution >= 0.6 is 0 Å². The zero-order valence-electron chi connectivity index (χ0n) is 24.2. The molecule has 0 heterocycles. The van der Waals surface area contributed by atoms with E-state index < -0.39 is 28.5 Å². The lowest BCUT2D eigenvalue weighted by molar-refractivity contribution is -0.140. The molecule has 3 aromatic carbocycles. The second kappa shape index (κ2) is 14.1. The lowest BCUT2D eigenvalue weighted by Crippen LogP contribution is -2.52. The monoisotopic (exact) mass is 563 g/mol. The van der Waals surface area contributed by atoms with Crippen LogP contribution in [0.5, 0.6) is 0 Å². The van der Waals surface area contributed by atoms with E-state index in [0.29, 0.717) is 18.7 Å². The normalized spacial score (nSPS) is 12.0. The fourth-order valence-corrected chi connectivity index (χ4v) is 6.15. The molecule has 7 nitrogen and oxygen atoms in total. The molecule has 0 saturated carbocycles. The smallest absolute Gasteiger partial charge is 0.264 e. The molecule has 0 aromatic heterocycles. The summed E-state index contributed by atoms with van der Waals surface area (Å²) >= 11 is 0. The standard InChI is InChI=1S/C32H41N3O4S/c1-6-8-19-33-32(37)29(7-2)34(22-27-14-12-13-24(3)20-27)31(36)23-35(30-21-25(4)17-18-26(30)5)40(38,39)28-15-10-9-11-16-28/h9-18,20-21,29H,6-8,19,22-23H2,1-5H3,(H,33,37)/t29-/m0/s1. The summed E-state index contributed by atoms with van der Waals surface area (Å²) in [5.74, 6) is -0.680. The van der Waals surface area contributed by atoms with E-state index in [1.807, 2.05) is 71.0 Å². The minimum Gasteiger partial charge on any atom is -0.354 e. The van der Waals surface area contributed by atoms with Crippen molar-refractivity contribution in [2.24, 2.45) is 0 Å². The Bertz CT molecular complexity index is 1410. The summed E-state index contributed by atoms with van der Waals surface area (Å²) in [6.45, 7) is 9.87. The number of hydrogen-bond acceptors (Lipinski definition) is 4. The number of amides is 2. The van der Waals surface area contributed by atoms with Crippen molar-refractivity contribution < 1.29 is 18.0 Å². The first-order chi connectivity index (χ1) is 19.1. The van der Waals surface area contributed by atoms with Crippen molar-refractivity contribution in [2.75, 3.05) is 17.4 Å². The Morgan fingerprint density at radius 2 is 1.57 bits per heavy atom. The van der Waals surface area contributed by atoms with E-state index in [2.05, 4.69) is 5.32 Å². The van der Waals surface area contributed by atoms with Gasteiger partial charge in [0, 0.05) is 13.1 Å². The minimum absolute atomic E-state index is 0.0956. The molecule has 0 spiro atoms. The van der Waals surface area contributed by atoms with Gasteiger partial charge in [-0.25, -0.2) is 8.42 Å². The Morgan fingerprint density at radius 3 is 2.23 bits per heavy atom. The van der Waals surface area contributed by atoms with Crippen LogP contribution in [0.2, 0.25) is 0 Å². The second-order valence-electron chi connectivity index (χ2n) is 10.2. The number of benzene rings is 3. The zero-order valence-corrected chi connectivity index (χ0v) is 25.0. The lowest BCUT2D eigenvalue weighted by atomic mass is 10.1. The number of unbranched alkanes of at least 4 members (excludes halogenated alkanes) is 1. The molecule has 2 amide bonds. The topological polar surface area (TPSA) is 86.8 Å². The summed E-state index contributed by atoms with van der Waals surface area (Å²) in [4.78, 5) is 29.1. The van der Waals surface area contributed by atoms with E-state index in [4.69, 9.17) is 0 Å². The Hall–Kier alpha value is -3.65. The summed E-state index contributed by atoms with van der Waals surface area (Å²) in [7, 11) is -4.09. The van der Waals surface area contributed by atoms with Crippen LogP contribution in [0.15, 0.2) is 77.7 Å². The third-order valence-corrected chi connectivity index (χ3v) is 8.67. The molecule has 0 radical (unpaired) electrons. The maximum absolute atomic E-state index is 14.2. The molecule has 8 heteroatoms. The average molecular weight is 564 g/mol. The second-order valence-corrected chi connectivity index (χ2v) is 12.1. The van der Waals surface area contributed by atoms with E-state index in [1.54, 1.807) is 24.3 Å². The van der Waals surface area contributed by atoms with E-state index >= 15 is 0 Å². The molecule has 0 unspecified atom stereocenters. The predicted molar refractivity (Wildman–Crippen MR) is 161 cm³/mol. The van der Waals surface area contributed by atoms with Crippen molar-refractivity contribution in [1.82, 2.24) is 10.2 Å². The molecular formula is C32H41N3O4S. The highest BCUT2D eigenvalue weighted by Crippen LogP contribution is 2.28. The fraction of sp³-hybridized carbons (Fsp3) is 0.375. The number of carbonyl (C=O) groups excluding carboxylic acids is 2. The summed E-state index contributed by atoms with van der Waals surface area (Å²) in [6, 6.07) is 20.7. The van der Waals surface area contributed by atoms with Crippen LogP contribution in [0.4, 0.5) is 5.69 Å². The summed E-state index contributed by atoms with van der Waals surface area (Å²) < 4.78 is 29.1. The molecule has 0 aliphatic heterocycles. The number of anilines is 1. The SMILES string of the molecule is CCCCNC(=O)[C@H](CC)N(Cc1cccc(C)c1)C(=O)CN(c1cc(C)ccc1C)S(=O)(=O)c1ccccc1. The number of sulfonamides is 1. The highest BCUT2D eigenvalue weighted by atomic mass is 32.2. The van der Waals surface area contributed by atoms with Gasteiger partial charge in [0.25, 0.3) is 10.0 Å². The van der Waals surface area contributed by atoms with Crippen LogP contribution in [0.25, 0.3) is 0 Å². The third-order valence-electron chi connectivity index (χ3n) is 6.89. The van der Waals surface area contributed by atoms with Gasteiger partial charge in [-0.1, -0.05) is 80.4 Å². The van der Waals surface area contributed by atoms with Crippen LogP contribution in [-0.2, 0) is 26.2 Å². The van der Waals surface area contributed by atoms with Gasteiger partial charge in [0.05, 0.1) is 10.6 Å². The van der Waals surface area contributed by atoms with Crippen molar-refractivity contribution in [3.05, 3.63) is 95.1 Å². The molecule has 214 valence electrons. The Labute approximate surface area is 239 Å². The van der Waals surface area contributed by atoms with E-state index in [9.17, 15) is 18.0 Å². The van der Waals surface area contributed by atoms with Crippen molar-refractivity contribution >= 4 is 27.5 Å². The summed E-state index contributed by atoms with van der Waals surface area (Å²) in [6.07, 6.45) is 2.17. The molecule has 3 rings (SSSR count). The molecule has 1 atom stereocenters. The van der Waals surface area contributed by atoms with E-state index in [1.165, 1.54) is 21.3 Å². The fourth-order valence-electron chi connectivity index (χ4n) is 4.65. The molecule has 0 aliphatic rings. The minimum atomic E-state index is -4.09. The Morgan fingerprint density at radius 1 is 0.875 bits per heavy atom. The Kier molecular flexibility index (Phi) is 10.9. The van der Waals surface area contributed by atoms with Crippen molar-refractivity contribution in [3.63, 3.8) is 0 Å². The maximum atomic E-state index is 14.2. The molecule has 0 fully saturated rings. The highest BCUT2D eigenvalue weighted by molar-refractivity contribution is 7.92. The van der Waals surface area contributed by atoms with Crippen LogP contribution < -0.4 is 9.62 Å². The molecule has 40 heavy (non-hydrogen) atoms.